The van der Waals surface area contributed by atoms with E-state index in [0.29, 0.717) is 5.69 Å². The molecule has 2 aromatic rings. The van der Waals surface area contributed by atoms with Crippen LogP contribution in [0.15, 0.2) is 24.5 Å². The number of rotatable bonds is 5. The molecule has 128 valence electrons. The lowest BCUT2D eigenvalue weighted by Crippen LogP contribution is -2.32. The Morgan fingerprint density at radius 1 is 1.38 bits per heavy atom. The smallest absolute Gasteiger partial charge is 0.274 e. The van der Waals surface area contributed by atoms with Gasteiger partial charge in [0.15, 0.2) is 5.69 Å². The molecule has 6 nitrogen and oxygen atoms in total. The summed E-state index contributed by atoms with van der Waals surface area (Å²) in [5.74, 6) is -0.00988. The minimum atomic E-state index is -0.00988. The molecular formula is C18H25N5O. The summed E-state index contributed by atoms with van der Waals surface area (Å²) in [6.45, 7) is 5.60. The minimum absolute atomic E-state index is 0.00988. The van der Waals surface area contributed by atoms with Gasteiger partial charge in [0.1, 0.15) is 0 Å². The van der Waals surface area contributed by atoms with E-state index in [4.69, 9.17) is 0 Å². The number of amides is 1. The predicted octanol–water partition coefficient (Wildman–Crippen LogP) is 1.95. The first-order valence-corrected chi connectivity index (χ1v) is 8.51. The van der Waals surface area contributed by atoms with Gasteiger partial charge < -0.3 is 4.90 Å². The van der Waals surface area contributed by atoms with Gasteiger partial charge in [-0.25, -0.2) is 0 Å². The zero-order chi connectivity index (χ0) is 17.1. The second-order valence-electron chi connectivity index (χ2n) is 6.52. The van der Waals surface area contributed by atoms with Crippen molar-refractivity contribution in [3.63, 3.8) is 0 Å². The van der Waals surface area contributed by atoms with E-state index in [0.717, 1.165) is 44.6 Å². The Kier molecular flexibility index (Phi) is 4.94. The van der Waals surface area contributed by atoms with Crippen LogP contribution >= 0.6 is 0 Å². The molecule has 1 amide bonds. The maximum absolute atomic E-state index is 12.5. The molecule has 2 aromatic heterocycles. The van der Waals surface area contributed by atoms with Crippen molar-refractivity contribution in [1.29, 1.82) is 0 Å². The van der Waals surface area contributed by atoms with Crippen molar-refractivity contribution < 1.29 is 4.79 Å². The van der Waals surface area contributed by atoms with Crippen LogP contribution in [0.3, 0.4) is 0 Å². The maximum Gasteiger partial charge on any atom is 0.274 e. The molecule has 0 saturated carbocycles. The third-order valence-electron chi connectivity index (χ3n) is 4.39. The number of aryl methyl sites for hydroxylation is 1. The number of hydrogen-bond acceptors (Lipinski definition) is 4. The van der Waals surface area contributed by atoms with Gasteiger partial charge in [0.05, 0.1) is 0 Å². The van der Waals surface area contributed by atoms with Gasteiger partial charge in [0, 0.05) is 70.3 Å². The third kappa shape index (κ3) is 3.33. The van der Waals surface area contributed by atoms with Crippen LogP contribution < -0.4 is 0 Å². The summed E-state index contributed by atoms with van der Waals surface area (Å²) < 4.78 is 2.04. The molecule has 0 bridgehead atoms. The van der Waals surface area contributed by atoms with E-state index in [1.807, 2.05) is 16.9 Å². The summed E-state index contributed by atoms with van der Waals surface area (Å²) in [7, 11) is 3.56. The Labute approximate surface area is 143 Å². The van der Waals surface area contributed by atoms with Gasteiger partial charge in [-0.2, -0.15) is 5.10 Å². The molecular weight excluding hydrogens is 302 g/mol. The highest BCUT2D eigenvalue weighted by molar-refractivity contribution is 5.93. The van der Waals surface area contributed by atoms with Crippen molar-refractivity contribution in [3.05, 3.63) is 47.0 Å². The first kappa shape index (κ1) is 16.6. The van der Waals surface area contributed by atoms with E-state index in [2.05, 4.69) is 28.0 Å². The van der Waals surface area contributed by atoms with Crippen molar-refractivity contribution in [1.82, 2.24) is 24.6 Å². The van der Waals surface area contributed by atoms with Gasteiger partial charge in [-0.15, -0.1) is 0 Å². The predicted molar refractivity (Wildman–Crippen MR) is 92.6 cm³/mol. The van der Waals surface area contributed by atoms with E-state index in [9.17, 15) is 4.79 Å². The Bertz CT molecular complexity index is 708. The summed E-state index contributed by atoms with van der Waals surface area (Å²) in [6, 6.07) is 4.06. The molecule has 3 rings (SSSR count). The summed E-state index contributed by atoms with van der Waals surface area (Å²) in [5.41, 5.74) is 4.13. The molecule has 6 heteroatoms. The standard InChI is InChI=1S/C18H25N5O/c1-4-9-23-16-7-10-22(12-14-6-5-8-19-11-14)13-15(16)17(20-23)18(24)21(2)3/h5-6,8,11H,4,7,9-10,12-13H2,1-3H3. The summed E-state index contributed by atoms with van der Waals surface area (Å²) in [6.07, 6.45) is 5.65. The Balaban J connectivity index is 1.87. The minimum Gasteiger partial charge on any atom is -0.343 e. The average molecular weight is 327 g/mol. The largest absolute Gasteiger partial charge is 0.343 e. The number of carbonyl (C=O) groups is 1. The summed E-state index contributed by atoms with van der Waals surface area (Å²) >= 11 is 0. The SMILES string of the molecule is CCCn1nc(C(=O)N(C)C)c2c1CCN(Cc1cccnc1)C2. The highest BCUT2D eigenvalue weighted by Crippen LogP contribution is 2.25. The van der Waals surface area contributed by atoms with Crippen molar-refractivity contribution in [3.8, 4) is 0 Å². The number of nitrogens with zero attached hydrogens (tertiary/aromatic N) is 5. The van der Waals surface area contributed by atoms with Crippen LogP contribution in [0.5, 0.6) is 0 Å². The molecule has 1 aliphatic heterocycles. The molecule has 3 heterocycles. The highest BCUT2D eigenvalue weighted by Gasteiger charge is 2.28. The van der Waals surface area contributed by atoms with Gasteiger partial charge in [-0.1, -0.05) is 13.0 Å². The Morgan fingerprint density at radius 2 is 2.21 bits per heavy atom. The van der Waals surface area contributed by atoms with Crippen LogP contribution in [0, 0.1) is 0 Å². The second kappa shape index (κ2) is 7.13. The summed E-state index contributed by atoms with van der Waals surface area (Å²) in [5, 5.41) is 4.63. The van der Waals surface area contributed by atoms with Crippen molar-refractivity contribution in [2.24, 2.45) is 0 Å². The fourth-order valence-electron chi connectivity index (χ4n) is 3.21. The molecule has 0 saturated heterocycles. The molecule has 24 heavy (non-hydrogen) atoms. The van der Waals surface area contributed by atoms with Crippen LogP contribution in [0.1, 0.15) is 40.7 Å². The first-order valence-electron chi connectivity index (χ1n) is 8.51. The molecule has 0 unspecified atom stereocenters. The van der Waals surface area contributed by atoms with Crippen LogP contribution in [0.25, 0.3) is 0 Å². The third-order valence-corrected chi connectivity index (χ3v) is 4.39. The molecule has 0 N–H and O–H groups in total. The number of pyridine rings is 1. The van der Waals surface area contributed by atoms with Gasteiger partial charge >= 0.3 is 0 Å². The van der Waals surface area contributed by atoms with Crippen LogP contribution in [0.4, 0.5) is 0 Å². The lowest BCUT2D eigenvalue weighted by Gasteiger charge is -2.27. The number of fused-ring (bicyclic) bond motifs is 1. The highest BCUT2D eigenvalue weighted by atomic mass is 16.2. The molecule has 0 fully saturated rings. The Hall–Kier alpha value is -2.21. The summed E-state index contributed by atoms with van der Waals surface area (Å²) in [4.78, 5) is 20.7. The zero-order valence-corrected chi connectivity index (χ0v) is 14.7. The van der Waals surface area contributed by atoms with E-state index >= 15 is 0 Å². The number of carbonyl (C=O) groups excluding carboxylic acids is 1. The van der Waals surface area contributed by atoms with E-state index in [1.54, 1.807) is 25.2 Å². The van der Waals surface area contributed by atoms with Crippen molar-refractivity contribution in [2.75, 3.05) is 20.6 Å². The van der Waals surface area contributed by atoms with Gasteiger partial charge in [0.25, 0.3) is 5.91 Å². The zero-order valence-electron chi connectivity index (χ0n) is 14.7. The maximum atomic E-state index is 12.5. The van der Waals surface area contributed by atoms with Gasteiger partial charge in [-0.05, 0) is 18.1 Å². The topological polar surface area (TPSA) is 54.3 Å². The lowest BCUT2D eigenvalue weighted by atomic mass is 10.0. The lowest BCUT2D eigenvalue weighted by molar-refractivity contribution is 0.0818. The normalized spacial score (nSPS) is 14.5. The fraction of sp³-hybridized carbons (Fsp3) is 0.500. The fourth-order valence-corrected chi connectivity index (χ4v) is 3.21. The quantitative estimate of drug-likeness (QED) is 0.842. The Morgan fingerprint density at radius 3 is 2.88 bits per heavy atom. The molecule has 1 aliphatic rings. The van der Waals surface area contributed by atoms with E-state index < -0.39 is 0 Å². The van der Waals surface area contributed by atoms with Crippen molar-refractivity contribution in [2.45, 2.75) is 39.4 Å². The van der Waals surface area contributed by atoms with Crippen LogP contribution in [0.2, 0.25) is 0 Å². The van der Waals surface area contributed by atoms with Crippen LogP contribution in [-0.2, 0) is 26.1 Å². The van der Waals surface area contributed by atoms with Gasteiger partial charge in [0.2, 0.25) is 0 Å². The van der Waals surface area contributed by atoms with Crippen molar-refractivity contribution >= 4 is 5.91 Å². The molecule has 0 aromatic carbocycles. The monoisotopic (exact) mass is 327 g/mol. The number of hydrogen-bond donors (Lipinski definition) is 0. The van der Waals surface area contributed by atoms with Gasteiger partial charge in [-0.3, -0.25) is 19.4 Å². The molecule has 0 atom stereocenters. The first-order chi connectivity index (χ1) is 11.6. The number of aromatic nitrogens is 3. The average Bonchev–Trinajstić information content (AvgIpc) is 2.93. The molecule has 0 spiro atoms. The molecule has 0 aliphatic carbocycles. The molecule has 0 radical (unpaired) electrons. The van der Waals surface area contributed by atoms with E-state index in [1.165, 1.54) is 11.3 Å². The van der Waals surface area contributed by atoms with Crippen LogP contribution in [-0.4, -0.2) is 51.1 Å². The van der Waals surface area contributed by atoms with E-state index in [-0.39, 0.29) is 5.91 Å². The second-order valence-corrected chi connectivity index (χ2v) is 6.52.